The van der Waals surface area contributed by atoms with Crippen molar-refractivity contribution in [3.63, 3.8) is 0 Å². The van der Waals surface area contributed by atoms with Gasteiger partial charge in [0.15, 0.2) is 5.82 Å². The first kappa shape index (κ1) is 19.0. The molecule has 1 aromatic carbocycles. The predicted octanol–water partition coefficient (Wildman–Crippen LogP) is 6.64. The lowest BCUT2D eigenvalue weighted by molar-refractivity contribution is 0.265. The molecule has 2 aromatic rings. The fourth-order valence-electron chi connectivity index (χ4n) is 3.72. The van der Waals surface area contributed by atoms with Crippen LogP contribution in [-0.2, 0) is 6.42 Å². The summed E-state index contributed by atoms with van der Waals surface area (Å²) in [5.74, 6) is 1.79. The second-order valence-electron chi connectivity index (χ2n) is 7.27. The second kappa shape index (κ2) is 9.27. The van der Waals surface area contributed by atoms with Crippen molar-refractivity contribution in [2.45, 2.75) is 51.9 Å². The quantitative estimate of drug-likeness (QED) is 0.531. The molecule has 138 valence electrons. The van der Waals surface area contributed by atoms with Crippen LogP contribution in [0, 0.1) is 17.7 Å². The molecule has 0 spiro atoms. The minimum absolute atomic E-state index is 0.116. The van der Waals surface area contributed by atoms with Crippen LogP contribution in [0.25, 0.3) is 11.4 Å². The Morgan fingerprint density at radius 3 is 2.46 bits per heavy atom. The van der Waals surface area contributed by atoms with Gasteiger partial charge in [0.05, 0.1) is 5.02 Å². The van der Waals surface area contributed by atoms with Gasteiger partial charge >= 0.3 is 0 Å². The lowest BCUT2D eigenvalue weighted by Crippen LogP contribution is -2.14. The molecule has 0 N–H and O–H groups in total. The number of nitrogens with zero attached hydrogens (tertiary/aromatic N) is 2. The lowest BCUT2D eigenvalue weighted by Gasteiger charge is -2.27. The van der Waals surface area contributed by atoms with Crippen molar-refractivity contribution in [1.82, 2.24) is 9.97 Å². The van der Waals surface area contributed by atoms with Gasteiger partial charge in [0.2, 0.25) is 0 Å². The molecule has 1 saturated carbocycles. The van der Waals surface area contributed by atoms with Crippen molar-refractivity contribution in [2.24, 2.45) is 11.8 Å². The van der Waals surface area contributed by atoms with E-state index < -0.39 is 5.82 Å². The maximum atomic E-state index is 13.6. The Labute approximate surface area is 160 Å². The largest absolute Gasteiger partial charge is 0.236 e. The fraction of sp³-hybridized carbons (Fsp3) is 0.455. The molecule has 0 amide bonds. The van der Waals surface area contributed by atoms with Gasteiger partial charge in [-0.3, -0.25) is 0 Å². The molecule has 1 aliphatic carbocycles. The summed E-state index contributed by atoms with van der Waals surface area (Å²) in [7, 11) is 0. The van der Waals surface area contributed by atoms with Gasteiger partial charge in [-0.25, -0.2) is 14.4 Å². The Balaban J connectivity index is 1.50. The van der Waals surface area contributed by atoms with Crippen LogP contribution in [0.1, 0.15) is 51.0 Å². The van der Waals surface area contributed by atoms with Crippen LogP contribution in [0.4, 0.5) is 4.39 Å². The van der Waals surface area contributed by atoms with E-state index in [1.54, 1.807) is 6.07 Å². The molecule has 4 heteroatoms. The van der Waals surface area contributed by atoms with Gasteiger partial charge in [0, 0.05) is 18.0 Å². The summed E-state index contributed by atoms with van der Waals surface area (Å²) in [6, 6.07) is 4.66. The number of aromatic nitrogens is 2. The first-order valence-electron chi connectivity index (χ1n) is 9.53. The molecular formula is C22H26ClFN2. The number of halogens is 2. The topological polar surface area (TPSA) is 25.8 Å². The van der Waals surface area contributed by atoms with Crippen LogP contribution < -0.4 is 0 Å². The molecule has 0 atom stereocenters. The Kier molecular flexibility index (Phi) is 6.79. The number of aryl methyl sites for hydroxylation is 1. The van der Waals surface area contributed by atoms with Crippen molar-refractivity contribution < 1.29 is 4.39 Å². The lowest BCUT2D eigenvalue weighted by atomic mass is 9.78. The highest BCUT2D eigenvalue weighted by atomic mass is 35.5. The van der Waals surface area contributed by atoms with E-state index in [0.29, 0.717) is 11.4 Å². The maximum Gasteiger partial charge on any atom is 0.159 e. The van der Waals surface area contributed by atoms with Crippen LogP contribution in [0.2, 0.25) is 5.02 Å². The van der Waals surface area contributed by atoms with Crippen molar-refractivity contribution in [2.75, 3.05) is 0 Å². The summed E-state index contributed by atoms with van der Waals surface area (Å²) in [4.78, 5) is 8.80. The molecule has 0 radical (unpaired) electrons. The summed E-state index contributed by atoms with van der Waals surface area (Å²) in [6.07, 6.45) is 17.0. The van der Waals surface area contributed by atoms with E-state index in [0.717, 1.165) is 23.8 Å². The molecule has 1 heterocycles. The van der Waals surface area contributed by atoms with Gasteiger partial charge in [0.1, 0.15) is 5.82 Å². The van der Waals surface area contributed by atoms with E-state index >= 15 is 0 Å². The van der Waals surface area contributed by atoms with E-state index in [2.05, 4.69) is 29.0 Å². The third-order valence-electron chi connectivity index (χ3n) is 5.40. The first-order chi connectivity index (χ1) is 12.7. The number of hydrogen-bond acceptors (Lipinski definition) is 2. The van der Waals surface area contributed by atoms with Crippen LogP contribution in [0.15, 0.2) is 42.7 Å². The predicted molar refractivity (Wildman–Crippen MR) is 106 cm³/mol. The zero-order chi connectivity index (χ0) is 18.4. The highest BCUT2D eigenvalue weighted by Crippen LogP contribution is 2.33. The van der Waals surface area contributed by atoms with E-state index in [9.17, 15) is 4.39 Å². The van der Waals surface area contributed by atoms with Gasteiger partial charge in [-0.05, 0) is 74.6 Å². The first-order valence-corrected chi connectivity index (χ1v) is 9.91. The molecule has 0 saturated heterocycles. The molecule has 2 nitrogen and oxygen atoms in total. The summed E-state index contributed by atoms with van der Waals surface area (Å²) in [6.45, 7) is 2.10. The Morgan fingerprint density at radius 1 is 1.12 bits per heavy atom. The van der Waals surface area contributed by atoms with Crippen LogP contribution in [-0.4, -0.2) is 9.97 Å². The summed E-state index contributed by atoms with van der Waals surface area (Å²) in [5, 5.41) is 0.116. The molecule has 0 bridgehead atoms. The zero-order valence-electron chi connectivity index (χ0n) is 15.3. The average molecular weight is 373 g/mol. The number of hydrogen-bond donors (Lipinski definition) is 0. The Morgan fingerprint density at radius 2 is 1.81 bits per heavy atom. The number of allylic oxidation sites excluding steroid dienone is 2. The molecule has 1 fully saturated rings. The summed E-state index contributed by atoms with van der Waals surface area (Å²) in [5.41, 5.74) is 1.80. The maximum absolute atomic E-state index is 13.6. The SMILES string of the molecule is CC=CCC1CCC(CCc2cnc(-c3ccc(Cl)c(F)c3)nc2)CC1. The molecule has 26 heavy (non-hydrogen) atoms. The van der Waals surface area contributed by atoms with E-state index in [-0.39, 0.29) is 5.02 Å². The molecule has 1 aliphatic rings. The van der Waals surface area contributed by atoms with Crippen molar-refractivity contribution in [3.05, 3.63) is 59.1 Å². The second-order valence-corrected chi connectivity index (χ2v) is 7.68. The monoisotopic (exact) mass is 372 g/mol. The van der Waals surface area contributed by atoms with Crippen molar-refractivity contribution in [3.8, 4) is 11.4 Å². The van der Waals surface area contributed by atoms with Crippen LogP contribution >= 0.6 is 11.6 Å². The molecular weight excluding hydrogens is 347 g/mol. The van der Waals surface area contributed by atoms with Gasteiger partial charge in [0.25, 0.3) is 0 Å². The minimum atomic E-state index is -0.443. The zero-order valence-corrected chi connectivity index (χ0v) is 16.1. The standard InChI is InChI=1S/C22H26ClFN2/c1-2-3-4-16-5-7-17(8-6-16)9-10-18-14-25-22(26-15-18)19-11-12-20(23)21(24)13-19/h2-3,11-17H,4-10H2,1H3. The Hall–Kier alpha value is -1.74. The average Bonchev–Trinajstić information content (AvgIpc) is 2.68. The van der Waals surface area contributed by atoms with Crippen molar-refractivity contribution in [1.29, 1.82) is 0 Å². The third-order valence-corrected chi connectivity index (χ3v) is 5.70. The summed E-state index contributed by atoms with van der Waals surface area (Å²) < 4.78 is 13.6. The van der Waals surface area contributed by atoms with E-state index in [4.69, 9.17) is 11.6 Å². The number of rotatable bonds is 6. The third kappa shape index (κ3) is 5.14. The molecule has 0 aliphatic heterocycles. The van der Waals surface area contributed by atoms with Crippen LogP contribution in [0.3, 0.4) is 0 Å². The Bertz CT molecular complexity index is 734. The highest BCUT2D eigenvalue weighted by Gasteiger charge is 2.20. The molecule has 1 aromatic heterocycles. The highest BCUT2D eigenvalue weighted by molar-refractivity contribution is 6.30. The number of benzene rings is 1. The molecule has 3 rings (SSSR count). The summed E-state index contributed by atoms with van der Waals surface area (Å²) >= 11 is 5.72. The van der Waals surface area contributed by atoms with Crippen molar-refractivity contribution >= 4 is 11.6 Å². The smallest absolute Gasteiger partial charge is 0.159 e. The van der Waals surface area contributed by atoms with Gasteiger partial charge in [-0.15, -0.1) is 0 Å². The fourth-order valence-corrected chi connectivity index (χ4v) is 3.84. The van der Waals surface area contributed by atoms with Gasteiger partial charge in [-0.2, -0.15) is 0 Å². The van der Waals surface area contributed by atoms with E-state index in [1.807, 2.05) is 12.4 Å². The van der Waals surface area contributed by atoms with E-state index in [1.165, 1.54) is 50.7 Å². The van der Waals surface area contributed by atoms with Gasteiger partial charge < -0.3 is 0 Å². The van der Waals surface area contributed by atoms with Crippen LogP contribution in [0.5, 0.6) is 0 Å². The normalized spacial score (nSPS) is 20.6. The minimum Gasteiger partial charge on any atom is -0.236 e. The van der Waals surface area contributed by atoms with Gasteiger partial charge in [-0.1, -0.05) is 36.6 Å². The molecule has 0 unspecified atom stereocenters.